The second kappa shape index (κ2) is 9.12. The molecule has 0 radical (unpaired) electrons. The van der Waals surface area contributed by atoms with Gasteiger partial charge in [-0.25, -0.2) is 4.79 Å². The number of nitrogens with zero attached hydrogens (tertiary/aromatic N) is 1. The lowest BCUT2D eigenvalue weighted by Gasteiger charge is -2.35. The number of methoxy groups -OCH3 is 1. The number of carboxylic acids is 1. The van der Waals surface area contributed by atoms with Gasteiger partial charge in [-0.05, 0) is 45.0 Å². The number of halogens is 1. The molecule has 0 saturated heterocycles. The summed E-state index contributed by atoms with van der Waals surface area (Å²) in [6, 6.07) is 5.50. The molecule has 1 atom stereocenters. The highest BCUT2D eigenvalue weighted by molar-refractivity contribution is 9.10. The molecule has 0 aromatic heterocycles. The number of carboxylic acid groups (broad SMARTS) is 1. The van der Waals surface area contributed by atoms with Gasteiger partial charge in [0.1, 0.15) is 24.4 Å². The molecular weight excluding hydrogens is 390 g/mol. The maximum atomic E-state index is 12.0. The molecule has 1 unspecified atom stereocenters. The van der Waals surface area contributed by atoms with Crippen molar-refractivity contribution in [2.75, 3.05) is 13.7 Å². The molecule has 0 aliphatic carbocycles. The normalized spacial score (nSPS) is 14.3. The Kier molecular flexibility index (Phi) is 7.79. The van der Waals surface area contributed by atoms with E-state index in [9.17, 15) is 14.7 Å². The minimum atomic E-state index is -1.27. The van der Waals surface area contributed by atoms with Crippen LogP contribution in [-0.4, -0.2) is 36.3 Å². The Bertz CT molecular complexity index is 639. The fourth-order valence-corrected chi connectivity index (χ4v) is 2.75. The Labute approximate surface area is 156 Å². The molecule has 1 amide bonds. The summed E-state index contributed by atoms with van der Waals surface area (Å²) in [6.45, 7) is 6.15. The largest absolute Gasteiger partial charge is 0.545 e. The first-order valence-electron chi connectivity index (χ1n) is 7.84. The third-order valence-corrected chi connectivity index (χ3v) is 4.04. The second-order valence-electron chi connectivity index (χ2n) is 6.61. The molecule has 0 aliphatic heterocycles. The van der Waals surface area contributed by atoms with Crippen molar-refractivity contribution in [3.63, 3.8) is 0 Å². The number of amides is 1. The summed E-state index contributed by atoms with van der Waals surface area (Å²) in [5, 5.41) is 10.5. The summed E-state index contributed by atoms with van der Waals surface area (Å²) in [5.74, 6) is -0.591. The van der Waals surface area contributed by atoms with E-state index < -0.39 is 11.6 Å². The van der Waals surface area contributed by atoms with Gasteiger partial charge in [-0.2, -0.15) is 4.84 Å². The van der Waals surface area contributed by atoms with Crippen molar-refractivity contribution in [1.82, 2.24) is 0 Å². The summed E-state index contributed by atoms with van der Waals surface area (Å²) in [5.41, 5.74) is 0.282. The number of rotatable bonds is 9. The van der Waals surface area contributed by atoms with E-state index in [4.69, 9.17) is 9.57 Å². The van der Waals surface area contributed by atoms with E-state index in [0.29, 0.717) is 12.2 Å². The Balaban J connectivity index is 3.12. The minimum absolute atomic E-state index is 0.276. The van der Waals surface area contributed by atoms with Crippen molar-refractivity contribution in [2.45, 2.75) is 39.3 Å². The maximum Gasteiger partial charge on any atom is 0.334 e. The maximum absolute atomic E-state index is 12.0. The zero-order valence-electron chi connectivity index (χ0n) is 15.0. The predicted molar refractivity (Wildman–Crippen MR) is 95.2 cm³/mol. The lowest BCUT2D eigenvalue weighted by Crippen LogP contribution is -2.51. The fraction of sp³-hybridized carbons (Fsp3) is 0.444. The number of quaternary nitrogens is 1. The molecule has 25 heavy (non-hydrogen) atoms. The van der Waals surface area contributed by atoms with Crippen LogP contribution in [0.5, 0.6) is 5.75 Å². The van der Waals surface area contributed by atoms with Crippen molar-refractivity contribution >= 4 is 28.3 Å². The summed E-state index contributed by atoms with van der Waals surface area (Å²) in [6.07, 6.45) is 3.50. The number of aliphatic carboxylic acids is 1. The SMILES string of the molecule is COc1ccc(Br)c(C[N+](C=O)(CC/C=C/C(=O)[O-])OC(C)(C)C)c1. The van der Waals surface area contributed by atoms with E-state index in [-0.39, 0.29) is 17.7 Å². The van der Waals surface area contributed by atoms with E-state index in [2.05, 4.69) is 15.9 Å². The van der Waals surface area contributed by atoms with Gasteiger partial charge in [-0.1, -0.05) is 22.0 Å². The van der Waals surface area contributed by atoms with E-state index in [1.807, 2.05) is 39.0 Å². The summed E-state index contributed by atoms with van der Waals surface area (Å²) < 4.78 is 5.78. The van der Waals surface area contributed by atoms with E-state index in [1.54, 1.807) is 7.11 Å². The molecule has 0 saturated carbocycles. The van der Waals surface area contributed by atoms with Crippen molar-refractivity contribution in [2.24, 2.45) is 0 Å². The minimum Gasteiger partial charge on any atom is -0.545 e. The van der Waals surface area contributed by atoms with Crippen molar-refractivity contribution < 1.29 is 28.9 Å². The molecule has 0 N–H and O–H groups in total. The van der Waals surface area contributed by atoms with Gasteiger partial charge in [0.05, 0.1) is 13.1 Å². The zero-order valence-corrected chi connectivity index (χ0v) is 16.5. The van der Waals surface area contributed by atoms with Gasteiger partial charge < -0.3 is 14.6 Å². The summed E-state index contributed by atoms with van der Waals surface area (Å²) in [7, 11) is 1.57. The molecule has 1 aromatic carbocycles. The predicted octanol–water partition coefficient (Wildman–Crippen LogP) is 2.36. The summed E-state index contributed by atoms with van der Waals surface area (Å²) in [4.78, 5) is 28.5. The van der Waals surface area contributed by atoms with Gasteiger partial charge in [-0.15, -0.1) is 4.65 Å². The Morgan fingerprint density at radius 1 is 1.36 bits per heavy atom. The first kappa shape index (κ1) is 21.3. The molecule has 0 bridgehead atoms. The van der Waals surface area contributed by atoms with Crippen LogP contribution in [-0.2, 0) is 21.0 Å². The zero-order chi connectivity index (χ0) is 19.1. The Morgan fingerprint density at radius 2 is 2.04 bits per heavy atom. The number of ether oxygens (including phenoxy) is 1. The van der Waals surface area contributed by atoms with Crippen LogP contribution in [0, 0.1) is 0 Å². The van der Waals surface area contributed by atoms with Gasteiger partial charge in [0.2, 0.25) is 0 Å². The lowest BCUT2D eigenvalue weighted by atomic mass is 10.1. The molecular formula is C18H24BrNO5. The van der Waals surface area contributed by atoms with E-state index in [0.717, 1.165) is 22.5 Å². The quantitative estimate of drug-likeness (QED) is 0.268. The van der Waals surface area contributed by atoms with Crippen molar-refractivity contribution in [3.05, 3.63) is 40.4 Å². The highest BCUT2D eigenvalue weighted by Gasteiger charge is 2.36. The van der Waals surface area contributed by atoms with Crippen LogP contribution in [0.4, 0.5) is 0 Å². The van der Waals surface area contributed by atoms with Crippen LogP contribution in [0.1, 0.15) is 32.8 Å². The van der Waals surface area contributed by atoms with E-state index in [1.165, 1.54) is 6.08 Å². The number of hydrogen-bond acceptors (Lipinski definition) is 5. The number of hydrogen-bond donors (Lipinski definition) is 0. The first-order chi connectivity index (χ1) is 11.6. The number of carbonyl (C=O) groups is 2. The van der Waals surface area contributed by atoms with Gasteiger partial charge in [0, 0.05) is 16.5 Å². The highest BCUT2D eigenvalue weighted by atomic mass is 79.9. The smallest absolute Gasteiger partial charge is 0.334 e. The van der Waals surface area contributed by atoms with Gasteiger partial charge in [0.15, 0.2) is 0 Å². The van der Waals surface area contributed by atoms with Crippen molar-refractivity contribution in [3.8, 4) is 5.75 Å². The van der Waals surface area contributed by atoms with Crippen LogP contribution in [0.15, 0.2) is 34.8 Å². The van der Waals surface area contributed by atoms with Crippen LogP contribution >= 0.6 is 15.9 Å². The molecule has 0 heterocycles. The van der Waals surface area contributed by atoms with Crippen LogP contribution in [0.2, 0.25) is 0 Å². The highest BCUT2D eigenvalue weighted by Crippen LogP contribution is 2.28. The van der Waals surface area contributed by atoms with Crippen LogP contribution in [0.3, 0.4) is 0 Å². The molecule has 0 aliphatic rings. The first-order valence-corrected chi connectivity index (χ1v) is 8.64. The lowest BCUT2D eigenvalue weighted by molar-refractivity contribution is -1.06. The third-order valence-electron chi connectivity index (χ3n) is 3.27. The monoisotopic (exact) mass is 413 g/mol. The standard InChI is InChI=1S/C18H24BrNO5/c1-18(2,3)25-20(13-21,10-6-5-7-17(22)23)12-14-11-15(24-4)8-9-16(14)19/h5,7-9,11,13H,6,10,12H2,1-4H3/b7-5+. The molecule has 1 rings (SSSR count). The van der Waals surface area contributed by atoms with Crippen LogP contribution in [0.25, 0.3) is 0 Å². The average molecular weight is 414 g/mol. The molecule has 0 fully saturated rings. The fourth-order valence-electron chi connectivity index (χ4n) is 2.37. The molecule has 1 aromatic rings. The topological polar surface area (TPSA) is 75.7 Å². The molecule has 7 heteroatoms. The van der Waals surface area contributed by atoms with Crippen LogP contribution < -0.4 is 9.84 Å². The second-order valence-corrected chi connectivity index (χ2v) is 7.46. The number of carbonyl (C=O) groups excluding carboxylic acids is 2. The molecule has 0 spiro atoms. The number of benzene rings is 1. The molecule has 6 nitrogen and oxygen atoms in total. The van der Waals surface area contributed by atoms with Crippen molar-refractivity contribution in [1.29, 1.82) is 0 Å². The number of hydroxylamine groups is 3. The molecule has 138 valence electrons. The average Bonchev–Trinajstić information content (AvgIpc) is 2.52. The third kappa shape index (κ3) is 7.37. The van der Waals surface area contributed by atoms with Gasteiger partial charge >= 0.3 is 6.41 Å². The Morgan fingerprint density at radius 3 is 2.56 bits per heavy atom. The Hall–Kier alpha value is -1.70. The van der Waals surface area contributed by atoms with Gasteiger partial charge in [0.25, 0.3) is 0 Å². The summed E-state index contributed by atoms with van der Waals surface area (Å²) >= 11 is 3.49. The van der Waals surface area contributed by atoms with E-state index >= 15 is 0 Å². The van der Waals surface area contributed by atoms with Gasteiger partial charge in [-0.3, -0.25) is 0 Å².